The predicted octanol–water partition coefficient (Wildman–Crippen LogP) is 2.08. The number of carbonyl (C=O) groups excluding carboxylic acids is 2. The number of rotatable bonds is 6. The van der Waals surface area contributed by atoms with Gasteiger partial charge in [-0.1, -0.05) is 19.3 Å². The van der Waals surface area contributed by atoms with Gasteiger partial charge < -0.3 is 20.5 Å². The molecule has 0 aliphatic heterocycles. The Balaban J connectivity index is 1.76. The first-order valence-corrected chi connectivity index (χ1v) is 8.60. The Labute approximate surface area is 142 Å². The molecule has 1 atom stereocenters. The number of anilines is 1. The highest BCUT2D eigenvalue weighted by atomic mass is 16.5. The Morgan fingerprint density at radius 1 is 1.17 bits per heavy atom. The Morgan fingerprint density at radius 3 is 2.46 bits per heavy atom. The summed E-state index contributed by atoms with van der Waals surface area (Å²) in [6, 6.07) is 6.80. The van der Waals surface area contributed by atoms with Gasteiger partial charge in [-0.3, -0.25) is 9.59 Å². The van der Waals surface area contributed by atoms with Crippen molar-refractivity contribution in [3.63, 3.8) is 0 Å². The molecule has 0 radical (unpaired) electrons. The smallest absolute Gasteiger partial charge is 0.313 e. The summed E-state index contributed by atoms with van der Waals surface area (Å²) in [7, 11) is 0. The van der Waals surface area contributed by atoms with Crippen LogP contribution in [0.15, 0.2) is 24.3 Å². The number of nitrogens with one attached hydrogen (secondary N) is 2. The summed E-state index contributed by atoms with van der Waals surface area (Å²) in [5, 5.41) is 15.1. The monoisotopic (exact) mass is 334 g/mol. The molecule has 0 saturated heterocycles. The summed E-state index contributed by atoms with van der Waals surface area (Å²) in [6.07, 6.45) is 4.82. The van der Waals surface area contributed by atoms with Crippen LogP contribution in [0.25, 0.3) is 0 Å². The number of aliphatic hydroxyl groups is 1. The third-order valence-electron chi connectivity index (χ3n) is 4.30. The quantitative estimate of drug-likeness (QED) is 0.695. The molecule has 2 amide bonds. The lowest BCUT2D eigenvalue weighted by molar-refractivity contribution is -0.136. The van der Waals surface area contributed by atoms with Crippen LogP contribution in [0.1, 0.15) is 39.0 Å². The lowest BCUT2D eigenvalue weighted by atomic mass is 9.85. The second kappa shape index (κ2) is 9.27. The highest BCUT2D eigenvalue weighted by molar-refractivity contribution is 6.39. The first-order chi connectivity index (χ1) is 11.6. The van der Waals surface area contributed by atoms with Crippen LogP contribution in [0, 0.1) is 5.92 Å². The van der Waals surface area contributed by atoms with E-state index in [4.69, 9.17) is 4.74 Å². The second-order valence-electron chi connectivity index (χ2n) is 6.09. The molecule has 2 rings (SSSR count). The fourth-order valence-corrected chi connectivity index (χ4v) is 2.95. The Hall–Kier alpha value is -2.08. The lowest BCUT2D eigenvalue weighted by Gasteiger charge is -2.26. The van der Waals surface area contributed by atoms with E-state index in [-0.39, 0.29) is 12.5 Å². The highest BCUT2D eigenvalue weighted by Crippen LogP contribution is 2.26. The molecule has 24 heavy (non-hydrogen) atoms. The van der Waals surface area contributed by atoms with E-state index in [1.54, 1.807) is 24.3 Å². The van der Waals surface area contributed by atoms with E-state index in [0.29, 0.717) is 18.0 Å². The summed E-state index contributed by atoms with van der Waals surface area (Å²) in [5.41, 5.74) is 0.520. The van der Waals surface area contributed by atoms with Crippen molar-refractivity contribution in [2.75, 3.05) is 18.5 Å². The predicted molar refractivity (Wildman–Crippen MR) is 91.8 cm³/mol. The molecule has 1 aromatic rings. The van der Waals surface area contributed by atoms with Crippen molar-refractivity contribution >= 4 is 17.5 Å². The summed E-state index contributed by atoms with van der Waals surface area (Å²) in [4.78, 5) is 23.7. The highest BCUT2D eigenvalue weighted by Gasteiger charge is 2.23. The number of amides is 2. The van der Waals surface area contributed by atoms with E-state index in [1.165, 1.54) is 6.42 Å². The fraction of sp³-hybridized carbons (Fsp3) is 0.556. The fourth-order valence-electron chi connectivity index (χ4n) is 2.95. The van der Waals surface area contributed by atoms with E-state index in [9.17, 15) is 14.7 Å². The van der Waals surface area contributed by atoms with E-state index in [1.807, 2.05) is 6.92 Å². The minimum Gasteiger partial charge on any atom is -0.494 e. The van der Waals surface area contributed by atoms with E-state index in [0.717, 1.165) is 25.7 Å². The SMILES string of the molecule is CCOc1ccc(NC(=O)C(=O)NC[C@H](O)C2CCCCC2)cc1. The molecular weight excluding hydrogens is 308 g/mol. The van der Waals surface area contributed by atoms with Gasteiger partial charge >= 0.3 is 11.8 Å². The molecular formula is C18H26N2O4. The van der Waals surface area contributed by atoms with Crippen LogP contribution in [0.2, 0.25) is 0 Å². The van der Waals surface area contributed by atoms with Gasteiger partial charge in [0.15, 0.2) is 0 Å². The topological polar surface area (TPSA) is 87.7 Å². The van der Waals surface area contributed by atoms with Crippen molar-refractivity contribution in [3.05, 3.63) is 24.3 Å². The molecule has 0 aromatic heterocycles. The first kappa shape index (κ1) is 18.3. The number of hydrogen-bond acceptors (Lipinski definition) is 4. The standard InChI is InChI=1S/C18H26N2O4/c1-2-24-15-10-8-14(9-11-15)20-18(23)17(22)19-12-16(21)13-6-4-3-5-7-13/h8-11,13,16,21H,2-7,12H2,1H3,(H,19,22)(H,20,23)/t16-/m0/s1. The van der Waals surface area contributed by atoms with Crippen molar-refractivity contribution in [2.45, 2.75) is 45.1 Å². The molecule has 3 N–H and O–H groups in total. The average Bonchev–Trinajstić information content (AvgIpc) is 2.62. The number of aliphatic hydroxyl groups excluding tert-OH is 1. The zero-order valence-electron chi connectivity index (χ0n) is 14.1. The van der Waals surface area contributed by atoms with Crippen LogP contribution in [-0.4, -0.2) is 36.2 Å². The molecule has 1 fully saturated rings. The van der Waals surface area contributed by atoms with Crippen molar-refractivity contribution in [1.82, 2.24) is 5.32 Å². The van der Waals surface area contributed by atoms with Crippen molar-refractivity contribution < 1.29 is 19.4 Å². The second-order valence-corrected chi connectivity index (χ2v) is 6.09. The number of benzene rings is 1. The first-order valence-electron chi connectivity index (χ1n) is 8.60. The minimum atomic E-state index is -0.741. The third kappa shape index (κ3) is 5.53. The summed E-state index contributed by atoms with van der Waals surface area (Å²) in [5.74, 6) is -0.558. The van der Waals surface area contributed by atoms with Gasteiger partial charge in [0.1, 0.15) is 5.75 Å². The summed E-state index contributed by atoms with van der Waals surface area (Å²) >= 11 is 0. The molecule has 6 nitrogen and oxygen atoms in total. The Kier molecular flexibility index (Phi) is 7.06. The number of ether oxygens (including phenoxy) is 1. The molecule has 0 bridgehead atoms. The number of hydrogen-bond donors (Lipinski definition) is 3. The van der Waals surface area contributed by atoms with Gasteiger partial charge in [-0.05, 0) is 49.9 Å². The maximum atomic E-state index is 11.9. The van der Waals surface area contributed by atoms with Crippen LogP contribution in [0.4, 0.5) is 5.69 Å². The van der Waals surface area contributed by atoms with Gasteiger partial charge in [-0.25, -0.2) is 0 Å². The molecule has 1 aliphatic carbocycles. The van der Waals surface area contributed by atoms with Crippen LogP contribution < -0.4 is 15.4 Å². The lowest BCUT2D eigenvalue weighted by Crippen LogP contribution is -2.42. The van der Waals surface area contributed by atoms with Crippen molar-refractivity contribution in [1.29, 1.82) is 0 Å². The van der Waals surface area contributed by atoms with Gasteiger partial charge in [0, 0.05) is 12.2 Å². The van der Waals surface area contributed by atoms with Crippen molar-refractivity contribution in [3.8, 4) is 5.75 Å². The molecule has 1 aliphatic rings. The normalized spacial score (nSPS) is 16.2. The van der Waals surface area contributed by atoms with Crippen LogP contribution in [0.3, 0.4) is 0 Å². The van der Waals surface area contributed by atoms with Crippen molar-refractivity contribution in [2.24, 2.45) is 5.92 Å². The molecule has 1 saturated carbocycles. The maximum absolute atomic E-state index is 11.9. The van der Waals surface area contributed by atoms with Gasteiger partial charge in [0.2, 0.25) is 0 Å². The molecule has 1 aromatic carbocycles. The van der Waals surface area contributed by atoms with E-state index < -0.39 is 17.9 Å². The molecule has 132 valence electrons. The van der Waals surface area contributed by atoms with Gasteiger partial charge in [0.25, 0.3) is 0 Å². The zero-order chi connectivity index (χ0) is 17.4. The molecule has 0 heterocycles. The molecule has 6 heteroatoms. The summed E-state index contributed by atoms with van der Waals surface area (Å²) in [6.45, 7) is 2.57. The Bertz CT molecular complexity index is 538. The van der Waals surface area contributed by atoms with Gasteiger partial charge in [-0.15, -0.1) is 0 Å². The van der Waals surface area contributed by atoms with Crippen LogP contribution in [0.5, 0.6) is 5.75 Å². The third-order valence-corrected chi connectivity index (χ3v) is 4.30. The average molecular weight is 334 g/mol. The molecule has 0 spiro atoms. The van der Waals surface area contributed by atoms with Crippen LogP contribution in [-0.2, 0) is 9.59 Å². The largest absolute Gasteiger partial charge is 0.494 e. The Morgan fingerprint density at radius 2 is 1.83 bits per heavy atom. The van der Waals surface area contributed by atoms with Gasteiger partial charge in [0.05, 0.1) is 12.7 Å². The number of carbonyl (C=O) groups is 2. The van der Waals surface area contributed by atoms with Gasteiger partial charge in [-0.2, -0.15) is 0 Å². The summed E-state index contributed by atoms with van der Waals surface area (Å²) < 4.78 is 5.32. The minimum absolute atomic E-state index is 0.111. The zero-order valence-corrected chi connectivity index (χ0v) is 14.1. The van der Waals surface area contributed by atoms with Crippen LogP contribution >= 0.6 is 0 Å². The maximum Gasteiger partial charge on any atom is 0.313 e. The van der Waals surface area contributed by atoms with E-state index >= 15 is 0 Å². The molecule has 0 unspecified atom stereocenters. The van der Waals surface area contributed by atoms with E-state index in [2.05, 4.69) is 10.6 Å².